The van der Waals surface area contributed by atoms with Crippen molar-refractivity contribution in [3.63, 3.8) is 0 Å². The largest absolute Gasteiger partial charge is 0.444 e. The number of rotatable bonds is 4. The van der Waals surface area contributed by atoms with E-state index in [1.165, 1.54) is 11.3 Å². The lowest BCUT2D eigenvalue weighted by atomic mass is 10.2. The van der Waals surface area contributed by atoms with Crippen molar-refractivity contribution >= 4 is 40.3 Å². The highest BCUT2D eigenvalue weighted by Crippen LogP contribution is 2.26. The van der Waals surface area contributed by atoms with Crippen molar-refractivity contribution in [3.05, 3.63) is 44.8 Å². The minimum atomic E-state index is -0.751. The Morgan fingerprint density at radius 1 is 1.37 bits per heavy atom. The molecule has 0 N–H and O–H groups in total. The molecule has 0 unspecified atom stereocenters. The van der Waals surface area contributed by atoms with Crippen molar-refractivity contribution in [2.45, 2.75) is 13.0 Å². The molecule has 0 bridgehead atoms. The summed E-state index contributed by atoms with van der Waals surface area (Å²) in [5.41, 5.74) is 0.486. The smallest absolute Gasteiger partial charge is 0.340 e. The van der Waals surface area contributed by atoms with E-state index in [-0.39, 0.29) is 0 Å². The highest BCUT2D eigenvalue weighted by Gasteiger charge is 2.17. The first-order valence-corrected chi connectivity index (χ1v) is 7.36. The predicted octanol–water partition coefficient (Wildman–Crippen LogP) is 3.81. The van der Waals surface area contributed by atoms with E-state index in [1.54, 1.807) is 24.3 Å². The Kier molecular flexibility index (Phi) is 4.50. The van der Waals surface area contributed by atoms with Gasteiger partial charge < -0.3 is 4.74 Å². The molecule has 0 aliphatic rings. The van der Waals surface area contributed by atoms with Gasteiger partial charge >= 0.3 is 5.97 Å². The molecule has 0 saturated heterocycles. The molecule has 1 atom stereocenters. The Morgan fingerprint density at radius 3 is 2.68 bits per heavy atom. The van der Waals surface area contributed by atoms with E-state index in [2.05, 4.69) is 0 Å². The average Bonchev–Trinajstić information content (AvgIpc) is 3.08. The minimum absolute atomic E-state index is 0.468. The number of esters is 1. The van der Waals surface area contributed by atoms with Crippen LogP contribution in [-0.4, -0.2) is 12.1 Å². The molecule has 96 valence electrons. The third-order valence-electron chi connectivity index (χ3n) is 2.30. The molecular weight excluding hydrogens is 278 g/mol. The van der Waals surface area contributed by atoms with Crippen LogP contribution >= 0.6 is 22.7 Å². The lowest BCUT2D eigenvalue weighted by Crippen LogP contribution is -2.13. The summed E-state index contributed by atoms with van der Waals surface area (Å²) < 4.78 is 5.08. The third kappa shape index (κ3) is 3.53. The fourth-order valence-corrected chi connectivity index (χ4v) is 2.82. The molecule has 0 amide bonds. The van der Waals surface area contributed by atoms with Crippen LogP contribution in [0, 0.1) is 11.3 Å². The third-order valence-corrected chi connectivity index (χ3v) is 4.02. The van der Waals surface area contributed by atoms with Gasteiger partial charge in [0.05, 0.1) is 5.57 Å². The van der Waals surface area contributed by atoms with Crippen LogP contribution in [0.4, 0.5) is 0 Å². The lowest BCUT2D eigenvalue weighted by Gasteiger charge is -2.08. The topological polar surface area (TPSA) is 50.1 Å². The van der Waals surface area contributed by atoms with Crippen LogP contribution in [-0.2, 0) is 9.53 Å². The second-order valence-electron chi connectivity index (χ2n) is 3.73. The van der Waals surface area contributed by atoms with Gasteiger partial charge in [-0.3, -0.25) is 0 Å². The Bertz CT molecular complexity index is 606. The molecule has 2 aromatic heterocycles. The zero-order valence-electron chi connectivity index (χ0n) is 10.2. The van der Waals surface area contributed by atoms with Crippen molar-refractivity contribution in [2.75, 3.05) is 0 Å². The van der Waals surface area contributed by atoms with E-state index in [0.717, 1.165) is 9.75 Å². The number of ether oxygens (including phenoxy) is 1. The van der Waals surface area contributed by atoms with Gasteiger partial charge in [-0.15, -0.1) is 22.7 Å². The van der Waals surface area contributed by atoms with Crippen molar-refractivity contribution in [1.82, 2.24) is 0 Å². The van der Waals surface area contributed by atoms with Crippen LogP contribution in [0.5, 0.6) is 0 Å². The van der Waals surface area contributed by atoms with E-state index in [1.807, 2.05) is 41.1 Å². The molecule has 0 aromatic carbocycles. The van der Waals surface area contributed by atoms with E-state index in [9.17, 15) is 4.79 Å². The van der Waals surface area contributed by atoms with E-state index < -0.39 is 12.1 Å². The molecule has 0 saturated carbocycles. The van der Waals surface area contributed by atoms with Crippen molar-refractivity contribution in [1.29, 1.82) is 5.26 Å². The first-order chi connectivity index (χ1) is 9.20. The number of hydrogen-bond donors (Lipinski definition) is 0. The number of carbonyl (C=O) groups is 1. The zero-order valence-corrected chi connectivity index (χ0v) is 11.8. The second-order valence-corrected chi connectivity index (χ2v) is 5.65. The Morgan fingerprint density at radius 2 is 2.11 bits per heavy atom. The summed E-state index contributed by atoms with van der Waals surface area (Å²) >= 11 is 3.01. The number of carbonyl (C=O) groups excluding carboxylic acids is 1. The monoisotopic (exact) mass is 289 g/mol. The van der Waals surface area contributed by atoms with Crippen molar-refractivity contribution in [3.8, 4) is 6.07 Å². The van der Waals surface area contributed by atoms with Gasteiger partial charge in [0.25, 0.3) is 0 Å². The summed E-state index contributed by atoms with van der Waals surface area (Å²) in [6.45, 7) is 1.55. The molecule has 2 aromatic rings. The first kappa shape index (κ1) is 13.5. The molecule has 2 heterocycles. The maximum Gasteiger partial charge on any atom is 0.340 e. The highest BCUT2D eigenvalue weighted by molar-refractivity contribution is 7.12. The summed E-state index contributed by atoms with van der Waals surface area (Å²) in [7, 11) is 0. The molecule has 5 heteroatoms. The molecule has 3 nitrogen and oxygen atoms in total. The van der Waals surface area contributed by atoms with Crippen LogP contribution in [0.25, 0.3) is 11.6 Å². The van der Waals surface area contributed by atoms with E-state index >= 15 is 0 Å². The summed E-state index contributed by atoms with van der Waals surface area (Å²) in [4.78, 5) is 13.9. The number of nitriles is 1. The van der Waals surface area contributed by atoms with Gasteiger partial charge in [0.15, 0.2) is 6.10 Å². The van der Waals surface area contributed by atoms with E-state index in [0.29, 0.717) is 5.57 Å². The molecule has 0 radical (unpaired) electrons. The summed E-state index contributed by atoms with van der Waals surface area (Å²) in [6, 6.07) is 9.48. The SMILES string of the molecule is C[C@@H](C#N)OC(=O)/C(=C/c1cccs1)c1cccs1. The summed E-state index contributed by atoms with van der Waals surface area (Å²) in [5.74, 6) is -0.468. The molecule has 0 fully saturated rings. The molecule has 0 aliphatic carbocycles. The van der Waals surface area contributed by atoms with Gasteiger partial charge in [0.1, 0.15) is 6.07 Å². The quantitative estimate of drug-likeness (QED) is 0.635. The Labute approximate surface area is 119 Å². The number of thiophene rings is 2. The van der Waals surface area contributed by atoms with Gasteiger partial charge in [-0.25, -0.2) is 4.79 Å². The fraction of sp³-hybridized carbons (Fsp3) is 0.143. The number of hydrogen-bond acceptors (Lipinski definition) is 5. The second kappa shape index (κ2) is 6.32. The van der Waals surface area contributed by atoms with Crippen LogP contribution in [0.3, 0.4) is 0 Å². The average molecular weight is 289 g/mol. The maximum atomic E-state index is 12.1. The van der Waals surface area contributed by atoms with Crippen LogP contribution in [0.1, 0.15) is 16.7 Å². The standard InChI is InChI=1S/C14H11NO2S2/c1-10(9-15)17-14(16)12(13-5-3-7-19-13)8-11-4-2-6-18-11/h2-8,10H,1H3/b12-8+/t10-/m0/s1. The first-order valence-electron chi connectivity index (χ1n) is 5.60. The molecular formula is C14H11NO2S2. The highest BCUT2D eigenvalue weighted by atomic mass is 32.1. The molecule has 0 aliphatic heterocycles. The van der Waals surface area contributed by atoms with Gasteiger partial charge in [0.2, 0.25) is 0 Å². The molecule has 19 heavy (non-hydrogen) atoms. The van der Waals surface area contributed by atoms with Gasteiger partial charge in [-0.05, 0) is 35.9 Å². The fourth-order valence-electron chi connectivity index (χ4n) is 1.43. The van der Waals surface area contributed by atoms with E-state index in [4.69, 9.17) is 10.00 Å². The maximum absolute atomic E-state index is 12.1. The van der Waals surface area contributed by atoms with Crippen LogP contribution < -0.4 is 0 Å². The van der Waals surface area contributed by atoms with Crippen LogP contribution in [0.15, 0.2) is 35.0 Å². The molecule has 2 rings (SSSR count). The predicted molar refractivity (Wildman–Crippen MR) is 77.7 cm³/mol. The normalized spacial score (nSPS) is 12.7. The van der Waals surface area contributed by atoms with Crippen molar-refractivity contribution < 1.29 is 9.53 Å². The minimum Gasteiger partial charge on any atom is -0.444 e. The van der Waals surface area contributed by atoms with Gasteiger partial charge in [0, 0.05) is 9.75 Å². The zero-order chi connectivity index (χ0) is 13.7. The lowest BCUT2D eigenvalue weighted by molar-refractivity contribution is -0.138. The number of nitrogens with zero attached hydrogens (tertiary/aromatic N) is 1. The summed E-state index contributed by atoms with van der Waals surface area (Å²) in [6.07, 6.45) is 1.04. The van der Waals surface area contributed by atoms with Crippen LogP contribution in [0.2, 0.25) is 0 Å². The van der Waals surface area contributed by atoms with Crippen molar-refractivity contribution in [2.24, 2.45) is 0 Å². The molecule has 0 spiro atoms. The Balaban J connectivity index is 2.31. The summed E-state index contributed by atoms with van der Waals surface area (Å²) in [5, 5.41) is 12.6. The van der Waals surface area contributed by atoms with Gasteiger partial charge in [-0.2, -0.15) is 5.26 Å². The Hall–Kier alpha value is -1.90. The van der Waals surface area contributed by atoms with Gasteiger partial charge in [-0.1, -0.05) is 12.1 Å².